The van der Waals surface area contributed by atoms with Crippen LogP contribution in [0, 0.1) is 5.41 Å². The summed E-state index contributed by atoms with van der Waals surface area (Å²) in [6.07, 6.45) is 0. The Hall–Kier alpha value is -0.820. The molecule has 0 bridgehead atoms. The first-order chi connectivity index (χ1) is 7.06. The number of halogens is 1. The fourth-order valence-corrected chi connectivity index (χ4v) is 1.30. The Kier molecular flexibility index (Phi) is 4.34. The number of benzene rings is 1. The molecule has 0 aromatic heterocycles. The van der Waals surface area contributed by atoms with Crippen molar-refractivity contribution in [3.8, 4) is 0 Å². The van der Waals surface area contributed by atoms with Crippen LogP contribution in [0.5, 0.6) is 0 Å². The Morgan fingerprint density at radius 3 is 2.40 bits per heavy atom. The minimum Gasteiger partial charge on any atom is -0.289 e. The molecule has 0 unspecified atom stereocenters. The molecule has 1 nitrogen and oxygen atoms in total. The van der Waals surface area contributed by atoms with Crippen LogP contribution in [0.3, 0.4) is 0 Å². The van der Waals surface area contributed by atoms with E-state index in [4.69, 9.17) is 11.6 Å². The summed E-state index contributed by atoms with van der Waals surface area (Å²) in [4.78, 5) is 4.57. The molecule has 15 heavy (non-hydrogen) atoms. The van der Waals surface area contributed by atoms with Crippen molar-refractivity contribution in [1.82, 2.24) is 0 Å². The largest absolute Gasteiger partial charge is 0.289 e. The highest BCUT2D eigenvalue weighted by molar-refractivity contribution is 6.20. The first kappa shape index (κ1) is 12.3. The van der Waals surface area contributed by atoms with Gasteiger partial charge in [0.2, 0.25) is 0 Å². The smallest absolute Gasteiger partial charge is 0.0639 e. The van der Waals surface area contributed by atoms with E-state index in [9.17, 15) is 0 Å². The Morgan fingerprint density at radius 1 is 1.27 bits per heavy atom. The van der Waals surface area contributed by atoms with Gasteiger partial charge in [-0.25, -0.2) is 0 Å². The molecule has 0 amide bonds. The molecule has 82 valence electrons. The molecule has 0 aliphatic heterocycles. The van der Waals surface area contributed by atoms with Crippen LogP contribution in [-0.2, 0) is 6.54 Å². The summed E-state index contributed by atoms with van der Waals surface area (Å²) in [5.41, 5.74) is 2.35. The van der Waals surface area contributed by atoms with Crippen LogP contribution in [0.2, 0.25) is 0 Å². The van der Waals surface area contributed by atoms with Crippen LogP contribution in [0.15, 0.2) is 35.3 Å². The molecule has 1 aromatic rings. The predicted octanol–water partition coefficient (Wildman–Crippen LogP) is 3.91. The number of hydrogen-bond acceptors (Lipinski definition) is 1. The molecule has 0 heterocycles. The summed E-state index contributed by atoms with van der Waals surface area (Å²) in [6, 6.07) is 10.3. The number of aliphatic imine (C=N–C) groups is 1. The number of hydrogen-bond donors (Lipinski definition) is 0. The highest BCUT2D eigenvalue weighted by Crippen LogP contribution is 2.19. The number of rotatable bonds is 4. The van der Waals surface area contributed by atoms with Crippen LogP contribution >= 0.6 is 11.6 Å². The van der Waals surface area contributed by atoms with E-state index in [1.807, 2.05) is 25.1 Å². The quantitative estimate of drug-likeness (QED) is 0.542. The molecule has 0 aliphatic carbocycles. The van der Waals surface area contributed by atoms with Gasteiger partial charge in [-0.3, -0.25) is 4.99 Å². The maximum absolute atomic E-state index is 5.89. The summed E-state index contributed by atoms with van der Waals surface area (Å²) in [5, 5.41) is 0. The van der Waals surface area contributed by atoms with Gasteiger partial charge in [0.1, 0.15) is 0 Å². The van der Waals surface area contributed by atoms with Gasteiger partial charge < -0.3 is 0 Å². The van der Waals surface area contributed by atoms with Gasteiger partial charge in [-0.2, -0.15) is 0 Å². The first-order valence-electron chi connectivity index (χ1n) is 5.17. The van der Waals surface area contributed by atoms with E-state index in [1.165, 1.54) is 5.56 Å². The lowest BCUT2D eigenvalue weighted by molar-refractivity contribution is 0.592. The molecule has 0 atom stereocenters. The SMILES string of the molecule is CC(=NCc1ccccc1)C(C)(C)CCl. The van der Waals surface area contributed by atoms with Crippen molar-refractivity contribution in [2.45, 2.75) is 27.3 Å². The first-order valence-corrected chi connectivity index (χ1v) is 5.71. The lowest BCUT2D eigenvalue weighted by Gasteiger charge is -2.21. The topological polar surface area (TPSA) is 12.4 Å². The van der Waals surface area contributed by atoms with Crippen molar-refractivity contribution >= 4 is 17.3 Å². The lowest BCUT2D eigenvalue weighted by atomic mass is 9.91. The van der Waals surface area contributed by atoms with Crippen LogP contribution in [0.4, 0.5) is 0 Å². The minimum absolute atomic E-state index is 0.00364. The second-order valence-electron chi connectivity index (χ2n) is 4.40. The van der Waals surface area contributed by atoms with Crippen molar-refractivity contribution in [3.63, 3.8) is 0 Å². The van der Waals surface area contributed by atoms with Crippen molar-refractivity contribution < 1.29 is 0 Å². The van der Waals surface area contributed by atoms with Gasteiger partial charge >= 0.3 is 0 Å². The molecular weight excluding hydrogens is 206 g/mol. The average Bonchev–Trinajstić information content (AvgIpc) is 2.27. The van der Waals surface area contributed by atoms with E-state index >= 15 is 0 Å². The van der Waals surface area contributed by atoms with E-state index in [0.717, 1.165) is 12.3 Å². The maximum atomic E-state index is 5.89. The molecule has 1 rings (SSSR count). The minimum atomic E-state index is -0.00364. The second kappa shape index (κ2) is 5.32. The Labute approximate surface area is 97.2 Å². The average molecular weight is 224 g/mol. The third kappa shape index (κ3) is 3.67. The standard InChI is InChI=1S/C13H18ClN/c1-11(13(2,3)10-14)15-9-12-7-5-4-6-8-12/h4-8H,9-10H2,1-3H3. The normalized spacial score (nSPS) is 12.9. The van der Waals surface area contributed by atoms with Crippen LogP contribution in [-0.4, -0.2) is 11.6 Å². The molecule has 0 fully saturated rings. The van der Waals surface area contributed by atoms with E-state index in [-0.39, 0.29) is 5.41 Å². The Bertz CT molecular complexity index is 328. The molecule has 2 heteroatoms. The van der Waals surface area contributed by atoms with E-state index in [1.54, 1.807) is 0 Å². The van der Waals surface area contributed by atoms with Crippen LogP contribution < -0.4 is 0 Å². The highest BCUT2D eigenvalue weighted by Gasteiger charge is 2.19. The molecule has 0 radical (unpaired) electrons. The summed E-state index contributed by atoms with van der Waals surface area (Å²) < 4.78 is 0. The summed E-state index contributed by atoms with van der Waals surface area (Å²) in [6.45, 7) is 7.02. The van der Waals surface area contributed by atoms with Gasteiger partial charge in [0.25, 0.3) is 0 Å². The molecule has 0 saturated carbocycles. The van der Waals surface area contributed by atoms with Gasteiger partial charge in [0, 0.05) is 17.0 Å². The Morgan fingerprint density at radius 2 is 1.87 bits per heavy atom. The molecule has 1 aromatic carbocycles. The van der Waals surface area contributed by atoms with Gasteiger partial charge in [-0.05, 0) is 12.5 Å². The second-order valence-corrected chi connectivity index (χ2v) is 4.67. The van der Waals surface area contributed by atoms with E-state index in [2.05, 4.69) is 31.0 Å². The highest BCUT2D eigenvalue weighted by atomic mass is 35.5. The van der Waals surface area contributed by atoms with Crippen molar-refractivity contribution in [3.05, 3.63) is 35.9 Å². The fourth-order valence-electron chi connectivity index (χ4n) is 1.10. The third-order valence-corrected chi connectivity index (χ3v) is 3.32. The number of alkyl halides is 1. The van der Waals surface area contributed by atoms with Crippen LogP contribution in [0.1, 0.15) is 26.3 Å². The fraction of sp³-hybridized carbons (Fsp3) is 0.462. The molecule has 0 aliphatic rings. The van der Waals surface area contributed by atoms with Crippen molar-refractivity contribution in [2.75, 3.05) is 5.88 Å². The van der Waals surface area contributed by atoms with Gasteiger partial charge in [0.05, 0.1) is 6.54 Å². The third-order valence-electron chi connectivity index (χ3n) is 2.66. The summed E-state index contributed by atoms with van der Waals surface area (Å²) >= 11 is 5.89. The summed E-state index contributed by atoms with van der Waals surface area (Å²) in [5.74, 6) is 0.608. The van der Waals surface area contributed by atoms with E-state index in [0.29, 0.717) is 5.88 Å². The predicted molar refractivity (Wildman–Crippen MR) is 67.8 cm³/mol. The Balaban J connectivity index is 2.66. The zero-order chi connectivity index (χ0) is 11.3. The molecular formula is C13H18ClN. The van der Waals surface area contributed by atoms with Crippen molar-refractivity contribution in [1.29, 1.82) is 0 Å². The maximum Gasteiger partial charge on any atom is 0.0639 e. The van der Waals surface area contributed by atoms with Crippen LogP contribution in [0.25, 0.3) is 0 Å². The summed E-state index contributed by atoms with van der Waals surface area (Å²) in [7, 11) is 0. The molecule has 0 N–H and O–H groups in total. The zero-order valence-electron chi connectivity index (χ0n) is 9.63. The van der Waals surface area contributed by atoms with Crippen molar-refractivity contribution in [2.24, 2.45) is 10.4 Å². The number of nitrogens with zero attached hydrogens (tertiary/aromatic N) is 1. The van der Waals surface area contributed by atoms with Gasteiger partial charge in [-0.15, -0.1) is 11.6 Å². The zero-order valence-corrected chi connectivity index (χ0v) is 10.4. The molecule has 0 spiro atoms. The molecule has 0 saturated heterocycles. The van der Waals surface area contributed by atoms with E-state index < -0.39 is 0 Å². The van der Waals surface area contributed by atoms with Gasteiger partial charge in [0.15, 0.2) is 0 Å². The monoisotopic (exact) mass is 223 g/mol. The lowest BCUT2D eigenvalue weighted by Crippen LogP contribution is -2.23. The van der Waals surface area contributed by atoms with Gasteiger partial charge in [-0.1, -0.05) is 44.2 Å².